The van der Waals surface area contributed by atoms with Gasteiger partial charge in [0, 0.05) is 13.8 Å². The van der Waals surface area contributed by atoms with Crippen LogP contribution in [0.25, 0.3) is 0 Å². The van der Waals surface area contributed by atoms with Gasteiger partial charge >= 0.3 is 11.9 Å². The normalized spacial score (nSPS) is 29.6. The molecule has 8 nitrogen and oxygen atoms in total. The highest BCUT2D eigenvalue weighted by molar-refractivity contribution is 6.23. The van der Waals surface area contributed by atoms with E-state index >= 15 is 0 Å². The standard InChI is InChI=1S/C21H21NO7/c1-10-5-6-14(11(2)9-10)22-18(25)16-15-7-8-21(29-15,17(16)19(22)26)20(27-12(3)23)28-13(4)24/h5-9,15-17,20H,1-4H3/t15-,16-,17+,21-/m0/s1. The Morgan fingerprint density at radius 2 is 1.76 bits per heavy atom. The van der Waals surface area contributed by atoms with E-state index in [9.17, 15) is 19.2 Å². The molecule has 2 saturated heterocycles. The van der Waals surface area contributed by atoms with Crippen LogP contribution >= 0.6 is 0 Å². The van der Waals surface area contributed by atoms with Crippen molar-refractivity contribution in [1.82, 2.24) is 0 Å². The molecule has 0 unspecified atom stereocenters. The van der Waals surface area contributed by atoms with Gasteiger partial charge in [-0.15, -0.1) is 0 Å². The van der Waals surface area contributed by atoms with Gasteiger partial charge in [-0.05, 0) is 31.6 Å². The zero-order chi connectivity index (χ0) is 21.1. The van der Waals surface area contributed by atoms with Crippen LogP contribution < -0.4 is 4.90 Å². The van der Waals surface area contributed by atoms with Gasteiger partial charge in [0.15, 0.2) is 5.60 Å². The van der Waals surface area contributed by atoms with E-state index in [2.05, 4.69) is 0 Å². The molecule has 152 valence electrons. The van der Waals surface area contributed by atoms with Gasteiger partial charge in [0.05, 0.1) is 23.6 Å². The van der Waals surface area contributed by atoms with E-state index in [1.54, 1.807) is 18.2 Å². The Balaban J connectivity index is 1.76. The molecule has 0 aliphatic carbocycles. The van der Waals surface area contributed by atoms with Gasteiger partial charge in [-0.1, -0.05) is 23.8 Å². The molecule has 4 atom stereocenters. The first kappa shape index (κ1) is 19.3. The molecular weight excluding hydrogens is 378 g/mol. The number of imide groups is 1. The smallest absolute Gasteiger partial charge is 0.305 e. The molecule has 0 saturated carbocycles. The quantitative estimate of drug-likeness (QED) is 0.328. The van der Waals surface area contributed by atoms with Crippen molar-refractivity contribution >= 4 is 29.4 Å². The highest BCUT2D eigenvalue weighted by atomic mass is 16.7. The number of carbonyl (C=O) groups excluding carboxylic acids is 4. The molecule has 3 heterocycles. The molecule has 29 heavy (non-hydrogen) atoms. The summed E-state index contributed by atoms with van der Waals surface area (Å²) in [6.45, 7) is 6.09. The van der Waals surface area contributed by atoms with E-state index in [1.165, 1.54) is 18.7 Å². The second-order valence-corrected chi connectivity index (χ2v) is 7.65. The van der Waals surface area contributed by atoms with Crippen molar-refractivity contribution in [3.8, 4) is 0 Å². The molecule has 2 bridgehead atoms. The molecule has 0 radical (unpaired) electrons. The SMILES string of the molecule is CC(=O)OC(OC(C)=O)[C@@]12C=C[C@H](O1)[C@@H]1C(=O)N(c3ccc(C)cc3C)C(=O)[C@@H]12. The predicted octanol–water partition coefficient (Wildman–Crippen LogP) is 1.57. The van der Waals surface area contributed by atoms with Crippen molar-refractivity contribution in [2.45, 2.75) is 45.7 Å². The minimum absolute atomic E-state index is 0.382. The molecule has 0 spiro atoms. The molecule has 1 aromatic rings. The van der Waals surface area contributed by atoms with E-state index in [1.807, 2.05) is 26.0 Å². The summed E-state index contributed by atoms with van der Waals surface area (Å²) in [4.78, 5) is 51.0. The third-order valence-electron chi connectivity index (χ3n) is 5.59. The Kier molecular flexibility index (Phi) is 4.34. The number of anilines is 1. The van der Waals surface area contributed by atoms with Crippen molar-refractivity contribution in [1.29, 1.82) is 0 Å². The summed E-state index contributed by atoms with van der Waals surface area (Å²) in [5.41, 5.74) is 0.772. The molecular formula is C21H21NO7. The molecule has 2 amide bonds. The fraction of sp³-hybridized carbons (Fsp3) is 0.429. The van der Waals surface area contributed by atoms with Crippen LogP contribution in [0, 0.1) is 25.7 Å². The van der Waals surface area contributed by atoms with Crippen LogP contribution in [0.3, 0.4) is 0 Å². The summed E-state index contributed by atoms with van der Waals surface area (Å²) in [5.74, 6) is -3.98. The van der Waals surface area contributed by atoms with E-state index in [0.29, 0.717) is 5.69 Å². The molecule has 2 fully saturated rings. The monoisotopic (exact) mass is 399 g/mol. The Labute approximate surface area is 167 Å². The van der Waals surface area contributed by atoms with Gasteiger partial charge in [-0.3, -0.25) is 19.2 Å². The topological polar surface area (TPSA) is 99.2 Å². The average molecular weight is 399 g/mol. The fourth-order valence-corrected chi connectivity index (χ4v) is 4.51. The number of carbonyl (C=O) groups is 4. The van der Waals surface area contributed by atoms with Crippen LogP contribution in [0.2, 0.25) is 0 Å². The van der Waals surface area contributed by atoms with E-state index in [4.69, 9.17) is 14.2 Å². The Morgan fingerprint density at radius 3 is 2.34 bits per heavy atom. The first-order valence-electron chi connectivity index (χ1n) is 9.32. The van der Waals surface area contributed by atoms with Crippen LogP contribution in [0.15, 0.2) is 30.4 Å². The zero-order valence-electron chi connectivity index (χ0n) is 16.5. The van der Waals surface area contributed by atoms with Gasteiger partial charge in [-0.25, -0.2) is 4.90 Å². The second-order valence-electron chi connectivity index (χ2n) is 7.65. The van der Waals surface area contributed by atoms with Gasteiger partial charge in [0.2, 0.25) is 11.8 Å². The fourth-order valence-electron chi connectivity index (χ4n) is 4.51. The number of amides is 2. The maximum atomic E-state index is 13.4. The lowest BCUT2D eigenvalue weighted by Crippen LogP contribution is -2.52. The Hall–Kier alpha value is -3.00. The lowest BCUT2D eigenvalue weighted by atomic mass is 9.76. The molecule has 1 aromatic carbocycles. The number of benzene rings is 1. The Bertz CT molecular complexity index is 952. The summed E-state index contributed by atoms with van der Waals surface area (Å²) in [6, 6.07) is 5.46. The van der Waals surface area contributed by atoms with Crippen molar-refractivity contribution in [3.05, 3.63) is 41.5 Å². The molecule has 0 aromatic heterocycles. The Morgan fingerprint density at radius 1 is 1.10 bits per heavy atom. The number of esters is 2. The summed E-state index contributed by atoms with van der Waals surface area (Å²) in [5, 5.41) is 0. The van der Waals surface area contributed by atoms with Crippen LogP contribution in [0.4, 0.5) is 5.69 Å². The first-order chi connectivity index (χ1) is 13.7. The summed E-state index contributed by atoms with van der Waals surface area (Å²) < 4.78 is 16.3. The molecule has 3 aliphatic rings. The second kappa shape index (κ2) is 6.52. The largest absolute Gasteiger partial charge is 0.422 e. The number of hydrogen-bond donors (Lipinski definition) is 0. The molecule has 3 aliphatic heterocycles. The maximum absolute atomic E-state index is 13.4. The first-order valence-corrected chi connectivity index (χ1v) is 9.32. The minimum Gasteiger partial charge on any atom is -0.422 e. The van der Waals surface area contributed by atoms with Crippen molar-refractivity contribution in [3.63, 3.8) is 0 Å². The summed E-state index contributed by atoms with van der Waals surface area (Å²) in [6.07, 6.45) is 1.08. The van der Waals surface area contributed by atoms with E-state index in [-0.39, 0.29) is 5.91 Å². The van der Waals surface area contributed by atoms with Crippen molar-refractivity contribution in [2.24, 2.45) is 11.8 Å². The molecule has 0 N–H and O–H groups in total. The number of fused-ring (bicyclic) bond motifs is 5. The van der Waals surface area contributed by atoms with Crippen LogP contribution in [0.1, 0.15) is 25.0 Å². The van der Waals surface area contributed by atoms with Crippen LogP contribution in [0.5, 0.6) is 0 Å². The third-order valence-corrected chi connectivity index (χ3v) is 5.59. The summed E-state index contributed by atoms with van der Waals surface area (Å²) >= 11 is 0. The third kappa shape index (κ3) is 2.78. The van der Waals surface area contributed by atoms with Crippen LogP contribution in [-0.2, 0) is 33.4 Å². The van der Waals surface area contributed by atoms with E-state index < -0.39 is 47.7 Å². The van der Waals surface area contributed by atoms with Crippen LogP contribution in [-0.4, -0.2) is 41.7 Å². The summed E-state index contributed by atoms with van der Waals surface area (Å²) in [7, 11) is 0. The highest BCUT2D eigenvalue weighted by Crippen LogP contribution is 2.54. The van der Waals surface area contributed by atoms with Gasteiger partial charge in [-0.2, -0.15) is 0 Å². The number of hydrogen-bond acceptors (Lipinski definition) is 7. The number of aryl methyl sites for hydroxylation is 2. The average Bonchev–Trinajstić information content (AvgIpc) is 3.26. The lowest BCUT2D eigenvalue weighted by molar-refractivity contribution is -0.226. The van der Waals surface area contributed by atoms with Crippen molar-refractivity contribution in [2.75, 3.05) is 4.90 Å². The number of rotatable bonds is 4. The van der Waals surface area contributed by atoms with E-state index in [0.717, 1.165) is 11.1 Å². The zero-order valence-corrected chi connectivity index (χ0v) is 16.5. The number of ether oxygens (including phenoxy) is 3. The van der Waals surface area contributed by atoms with Crippen molar-refractivity contribution < 1.29 is 33.4 Å². The predicted molar refractivity (Wildman–Crippen MR) is 99.5 cm³/mol. The molecule has 8 heteroatoms. The van der Waals surface area contributed by atoms with Gasteiger partial charge < -0.3 is 14.2 Å². The lowest BCUT2D eigenvalue weighted by Gasteiger charge is -2.34. The number of nitrogens with zero attached hydrogens (tertiary/aromatic N) is 1. The van der Waals surface area contributed by atoms with Gasteiger partial charge in [0.1, 0.15) is 0 Å². The van der Waals surface area contributed by atoms with Gasteiger partial charge in [0.25, 0.3) is 6.29 Å². The minimum atomic E-state index is -1.53. The highest BCUT2D eigenvalue weighted by Gasteiger charge is 2.72. The molecule has 4 rings (SSSR count). The maximum Gasteiger partial charge on any atom is 0.305 e.